The van der Waals surface area contributed by atoms with E-state index in [1.807, 2.05) is 0 Å². The molecular formula is C4H9O2. The minimum Gasteiger partial charge on any atom is -0.388 e. The number of hydrogen-bond acceptors (Lipinski definition) is 1. The Balaban J connectivity index is 3.17. The van der Waals surface area contributed by atoms with Gasteiger partial charge in [0.1, 0.15) is 6.61 Å². The van der Waals surface area contributed by atoms with Crippen molar-refractivity contribution < 1.29 is 10.2 Å². The van der Waals surface area contributed by atoms with Crippen molar-refractivity contribution in [2.45, 2.75) is 19.4 Å². The molecule has 0 unspecified atom stereocenters. The van der Waals surface area contributed by atoms with Crippen LogP contribution in [0.3, 0.4) is 0 Å². The molecule has 0 fully saturated rings. The third-order valence-corrected chi connectivity index (χ3v) is 0.353. The highest BCUT2D eigenvalue weighted by molar-refractivity contribution is 4.59. The molecule has 6 heavy (non-hydrogen) atoms. The summed E-state index contributed by atoms with van der Waals surface area (Å²) in [6, 6.07) is 0. The van der Waals surface area contributed by atoms with Crippen LogP contribution in [0.5, 0.6) is 0 Å². The average Bonchev–Trinajstić information content (AvgIpc) is 1.35. The molecule has 0 aromatic rings. The largest absolute Gasteiger partial charge is 0.388 e. The van der Waals surface area contributed by atoms with Crippen molar-refractivity contribution in [3.63, 3.8) is 0 Å². The Kier molecular flexibility index (Phi) is 1.56. The fraction of sp³-hybridized carbons (Fsp3) is 1.00. The normalized spacial score (nSPS) is 12.0. The molecule has 0 rings (SSSR count). The summed E-state index contributed by atoms with van der Waals surface area (Å²) < 4.78 is 0. The molecule has 0 amide bonds. The van der Waals surface area contributed by atoms with Crippen LogP contribution < -0.4 is 0 Å². The maximum atomic E-state index is 9.70. The van der Waals surface area contributed by atoms with Crippen LogP contribution in [-0.2, 0) is 5.11 Å². The monoisotopic (exact) mass is 89.1 g/mol. The van der Waals surface area contributed by atoms with E-state index < -0.39 is 12.2 Å². The lowest BCUT2D eigenvalue weighted by Gasteiger charge is -2.08. The highest BCUT2D eigenvalue weighted by Gasteiger charge is 2.09. The zero-order chi connectivity index (χ0) is 5.21. The molecule has 0 saturated heterocycles. The first-order chi connectivity index (χ1) is 2.56. The van der Waals surface area contributed by atoms with E-state index in [2.05, 4.69) is 0 Å². The van der Waals surface area contributed by atoms with E-state index >= 15 is 0 Å². The minimum atomic E-state index is -1.01. The first-order valence-corrected chi connectivity index (χ1v) is 1.87. The molecule has 0 atom stereocenters. The van der Waals surface area contributed by atoms with Crippen LogP contribution in [-0.4, -0.2) is 17.3 Å². The molecule has 0 saturated carbocycles. The van der Waals surface area contributed by atoms with Crippen LogP contribution in [0, 0.1) is 0 Å². The van der Waals surface area contributed by atoms with Gasteiger partial charge in [-0.05, 0) is 13.8 Å². The zero-order valence-corrected chi connectivity index (χ0v) is 4.06. The lowest BCUT2D eigenvalue weighted by molar-refractivity contribution is -0.0110. The van der Waals surface area contributed by atoms with E-state index in [1.165, 1.54) is 13.8 Å². The smallest absolute Gasteiger partial charge is 0.110 e. The van der Waals surface area contributed by atoms with Gasteiger partial charge in [0.15, 0.2) is 0 Å². The molecule has 0 aliphatic rings. The second-order valence-corrected chi connectivity index (χ2v) is 1.96. The fourth-order valence-electron chi connectivity index (χ4n) is 0. The molecular weight excluding hydrogens is 80.0 g/mol. The highest BCUT2D eigenvalue weighted by atomic mass is 16.3. The summed E-state index contributed by atoms with van der Waals surface area (Å²) in [5, 5.41) is 18.2. The molecule has 0 aliphatic heterocycles. The van der Waals surface area contributed by atoms with Gasteiger partial charge in [-0.3, -0.25) is 0 Å². The number of aliphatic hydroxyl groups is 1. The van der Waals surface area contributed by atoms with Gasteiger partial charge in [0.25, 0.3) is 0 Å². The van der Waals surface area contributed by atoms with Gasteiger partial charge in [0.2, 0.25) is 0 Å². The van der Waals surface area contributed by atoms with Gasteiger partial charge in [0.05, 0.1) is 5.60 Å². The predicted molar refractivity (Wildman–Crippen MR) is 21.9 cm³/mol. The van der Waals surface area contributed by atoms with Crippen molar-refractivity contribution >= 4 is 0 Å². The third kappa shape index (κ3) is 3.92. The van der Waals surface area contributed by atoms with Crippen molar-refractivity contribution in [1.82, 2.24) is 0 Å². The molecule has 1 N–H and O–H groups in total. The number of hydrogen-bond donors (Lipinski definition) is 1. The van der Waals surface area contributed by atoms with Crippen LogP contribution in [0.15, 0.2) is 0 Å². The summed E-state index contributed by atoms with van der Waals surface area (Å²) in [7, 11) is 0. The Hall–Kier alpha value is -0.0800. The van der Waals surface area contributed by atoms with Gasteiger partial charge >= 0.3 is 0 Å². The molecule has 0 aromatic heterocycles. The van der Waals surface area contributed by atoms with Crippen molar-refractivity contribution in [1.29, 1.82) is 0 Å². The van der Waals surface area contributed by atoms with Crippen molar-refractivity contribution in [2.75, 3.05) is 6.61 Å². The predicted octanol–water partition coefficient (Wildman–Crippen LogP) is 0.188. The van der Waals surface area contributed by atoms with Crippen molar-refractivity contribution in [2.24, 2.45) is 0 Å². The van der Waals surface area contributed by atoms with Crippen LogP contribution in [0.1, 0.15) is 13.8 Å². The Morgan fingerprint density at radius 2 is 1.83 bits per heavy atom. The lowest BCUT2D eigenvalue weighted by Crippen LogP contribution is -2.22. The molecule has 1 radical (unpaired) electrons. The topological polar surface area (TPSA) is 40.1 Å². The van der Waals surface area contributed by atoms with E-state index in [0.717, 1.165) is 0 Å². The molecule has 37 valence electrons. The summed E-state index contributed by atoms with van der Waals surface area (Å²) in [6.45, 7) is 2.55. The van der Waals surface area contributed by atoms with Gasteiger partial charge in [0, 0.05) is 0 Å². The van der Waals surface area contributed by atoms with E-state index in [1.54, 1.807) is 0 Å². The molecule has 0 spiro atoms. The Morgan fingerprint density at radius 1 is 1.67 bits per heavy atom. The quantitative estimate of drug-likeness (QED) is 0.489. The van der Waals surface area contributed by atoms with Crippen molar-refractivity contribution in [3.8, 4) is 0 Å². The molecule has 2 heteroatoms. The van der Waals surface area contributed by atoms with E-state index in [0.29, 0.717) is 0 Å². The molecule has 2 nitrogen and oxygen atoms in total. The zero-order valence-electron chi connectivity index (χ0n) is 4.06. The van der Waals surface area contributed by atoms with Gasteiger partial charge in [-0.2, -0.15) is 0 Å². The maximum Gasteiger partial charge on any atom is 0.110 e. The van der Waals surface area contributed by atoms with Crippen LogP contribution in [0.25, 0.3) is 0 Å². The number of rotatable bonds is 1. The summed E-state index contributed by atoms with van der Waals surface area (Å²) >= 11 is 0. The molecule has 0 bridgehead atoms. The van der Waals surface area contributed by atoms with Crippen LogP contribution in [0.4, 0.5) is 0 Å². The van der Waals surface area contributed by atoms with E-state index in [4.69, 9.17) is 5.11 Å². The Bertz CT molecular complexity index is 35.3. The Morgan fingerprint density at radius 3 is 1.83 bits per heavy atom. The van der Waals surface area contributed by atoms with Gasteiger partial charge < -0.3 is 5.11 Å². The first-order valence-electron chi connectivity index (χ1n) is 1.87. The first kappa shape index (κ1) is 5.92. The van der Waals surface area contributed by atoms with Crippen molar-refractivity contribution in [3.05, 3.63) is 0 Å². The van der Waals surface area contributed by atoms with E-state index in [-0.39, 0.29) is 0 Å². The van der Waals surface area contributed by atoms with Gasteiger partial charge in [-0.15, -0.1) is 0 Å². The van der Waals surface area contributed by atoms with Crippen LogP contribution >= 0.6 is 0 Å². The van der Waals surface area contributed by atoms with E-state index in [9.17, 15) is 5.11 Å². The minimum absolute atomic E-state index is 0.424. The molecule has 0 aromatic carbocycles. The highest BCUT2D eigenvalue weighted by Crippen LogP contribution is 1.95. The second kappa shape index (κ2) is 1.58. The van der Waals surface area contributed by atoms with Gasteiger partial charge in [-0.1, -0.05) is 0 Å². The second-order valence-electron chi connectivity index (χ2n) is 1.96. The fourth-order valence-corrected chi connectivity index (χ4v) is 0. The third-order valence-electron chi connectivity index (χ3n) is 0.353. The summed E-state index contributed by atoms with van der Waals surface area (Å²) in [5.41, 5.74) is -1.01. The summed E-state index contributed by atoms with van der Waals surface area (Å²) in [6.07, 6.45) is 0. The summed E-state index contributed by atoms with van der Waals surface area (Å²) in [5.74, 6) is 0. The molecule has 0 aliphatic carbocycles. The average molecular weight is 89.1 g/mol. The van der Waals surface area contributed by atoms with Gasteiger partial charge in [-0.25, -0.2) is 5.11 Å². The van der Waals surface area contributed by atoms with Crippen LogP contribution in [0.2, 0.25) is 0 Å². The standard InChI is InChI=1S/C4H9O2/c1-4(2,6)3-5/h6H,3H2,1-2H3. The SMILES string of the molecule is CC(C)(O)C[O]. The maximum absolute atomic E-state index is 9.70. The Labute approximate surface area is 37.4 Å². The summed E-state index contributed by atoms with van der Waals surface area (Å²) in [4.78, 5) is 0. The molecule has 0 heterocycles. The lowest BCUT2D eigenvalue weighted by atomic mass is 10.2.